The lowest BCUT2D eigenvalue weighted by Crippen LogP contribution is -2.25. The van der Waals surface area contributed by atoms with Crippen LogP contribution in [0.1, 0.15) is 30.9 Å². The molecule has 0 saturated carbocycles. The van der Waals surface area contributed by atoms with Crippen LogP contribution in [-0.2, 0) is 6.54 Å². The largest absolute Gasteiger partial charge is 0.392 e. The van der Waals surface area contributed by atoms with Crippen molar-refractivity contribution in [2.75, 3.05) is 6.54 Å². The number of rotatable bonds is 6. The molecule has 0 aliphatic rings. The fraction of sp³-hybridized carbons (Fsp3) is 0.500. The summed E-state index contributed by atoms with van der Waals surface area (Å²) in [6, 6.07) is 6.20. The van der Waals surface area contributed by atoms with Crippen LogP contribution < -0.4 is 5.32 Å². The predicted octanol–water partition coefficient (Wildman–Crippen LogP) is 2.48. The van der Waals surface area contributed by atoms with Crippen LogP contribution in [0.25, 0.3) is 0 Å². The molecule has 0 heterocycles. The van der Waals surface area contributed by atoms with E-state index in [1.165, 1.54) is 12.1 Å². The van der Waals surface area contributed by atoms with Crippen LogP contribution in [0.2, 0.25) is 0 Å². The van der Waals surface area contributed by atoms with Crippen molar-refractivity contribution in [2.24, 2.45) is 0 Å². The van der Waals surface area contributed by atoms with Crippen LogP contribution in [0.5, 0.6) is 0 Å². The Balaban J connectivity index is 2.38. The van der Waals surface area contributed by atoms with Crippen LogP contribution in [0.3, 0.4) is 0 Å². The Hall–Kier alpha value is -1.00. The summed E-state index contributed by atoms with van der Waals surface area (Å²) in [6.45, 7) is 3.01. The summed E-state index contributed by atoms with van der Waals surface area (Å²) in [7, 11) is 0. The van der Waals surface area contributed by atoms with Crippen LogP contribution in [0, 0.1) is 0 Å². The van der Waals surface area contributed by atoms with Crippen molar-refractivity contribution in [3.05, 3.63) is 35.4 Å². The lowest BCUT2D eigenvalue weighted by molar-refractivity contribution is 0.151. The average Bonchev–Trinajstić information content (AvgIpc) is 2.29. The van der Waals surface area contributed by atoms with Crippen molar-refractivity contribution in [2.45, 2.75) is 32.4 Å². The molecule has 0 aliphatic carbocycles. The zero-order chi connectivity index (χ0) is 12.0. The molecule has 1 unspecified atom stereocenters. The SMILES string of the molecule is CCC(O)CNCc1ccc(C(F)F)cc1. The van der Waals surface area contributed by atoms with Gasteiger partial charge in [-0.3, -0.25) is 0 Å². The maximum Gasteiger partial charge on any atom is 0.263 e. The Labute approximate surface area is 94.3 Å². The van der Waals surface area contributed by atoms with Gasteiger partial charge in [-0.15, -0.1) is 0 Å². The van der Waals surface area contributed by atoms with E-state index in [0.29, 0.717) is 19.5 Å². The van der Waals surface area contributed by atoms with E-state index in [4.69, 9.17) is 0 Å². The summed E-state index contributed by atoms with van der Waals surface area (Å²) < 4.78 is 24.5. The van der Waals surface area contributed by atoms with Gasteiger partial charge in [0, 0.05) is 18.7 Å². The van der Waals surface area contributed by atoms with Gasteiger partial charge in [0.15, 0.2) is 0 Å². The fourth-order valence-corrected chi connectivity index (χ4v) is 1.31. The molecule has 2 N–H and O–H groups in total. The molecule has 1 atom stereocenters. The van der Waals surface area contributed by atoms with E-state index in [-0.39, 0.29) is 11.7 Å². The molecular formula is C12H17F2NO. The van der Waals surface area contributed by atoms with Crippen molar-refractivity contribution in [3.8, 4) is 0 Å². The van der Waals surface area contributed by atoms with E-state index in [2.05, 4.69) is 5.32 Å². The first kappa shape index (κ1) is 13.1. The van der Waals surface area contributed by atoms with E-state index in [1.54, 1.807) is 12.1 Å². The molecule has 16 heavy (non-hydrogen) atoms. The predicted molar refractivity (Wildman–Crippen MR) is 59.4 cm³/mol. The molecule has 90 valence electrons. The van der Waals surface area contributed by atoms with E-state index >= 15 is 0 Å². The molecule has 0 saturated heterocycles. The van der Waals surface area contributed by atoms with Crippen molar-refractivity contribution in [1.29, 1.82) is 0 Å². The quantitative estimate of drug-likeness (QED) is 0.785. The Morgan fingerprint density at radius 1 is 1.25 bits per heavy atom. The molecule has 0 bridgehead atoms. The standard InChI is InChI=1S/C12H17F2NO/c1-2-11(16)8-15-7-9-3-5-10(6-4-9)12(13)14/h3-6,11-12,15-16H,2,7-8H2,1H3. The third kappa shape index (κ3) is 4.24. The molecule has 0 aromatic heterocycles. The lowest BCUT2D eigenvalue weighted by Gasteiger charge is -2.09. The number of hydrogen-bond donors (Lipinski definition) is 2. The molecule has 4 heteroatoms. The second-order valence-electron chi connectivity index (χ2n) is 3.74. The minimum absolute atomic E-state index is 0.0392. The zero-order valence-electron chi connectivity index (χ0n) is 9.29. The van der Waals surface area contributed by atoms with E-state index in [9.17, 15) is 13.9 Å². The van der Waals surface area contributed by atoms with Gasteiger partial charge in [0.2, 0.25) is 0 Å². The summed E-state index contributed by atoms with van der Waals surface area (Å²) in [5.41, 5.74) is 0.977. The van der Waals surface area contributed by atoms with Crippen LogP contribution in [-0.4, -0.2) is 17.8 Å². The topological polar surface area (TPSA) is 32.3 Å². The summed E-state index contributed by atoms with van der Waals surface area (Å²) in [5, 5.41) is 12.4. The van der Waals surface area contributed by atoms with E-state index in [1.807, 2.05) is 6.92 Å². The summed E-state index contributed by atoms with van der Waals surface area (Å²) in [6.07, 6.45) is -2.05. The number of benzene rings is 1. The highest BCUT2D eigenvalue weighted by Crippen LogP contribution is 2.18. The number of aliphatic hydroxyl groups is 1. The average molecular weight is 229 g/mol. The van der Waals surface area contributed by atoms with Crippen molar-refractivity contribution >= 4 is 0 Å². The van der Waals surface area contributed by atoms with Gasteiger partial charge in [0.1, 0.15) is 0 Å². The Kier molecular flexibility index (Phi) is 5.35. The monoisotopic (exact) mass is 229 g/mol. The van der Waals surface area contributed by atoms with Gasteiger partial charge >= 0.3 is 0 Å². The molecular weight excluding hydrogens is 212 g/mol. The molecule has 0 fully saturated rings. The molecule has 2 nitrogen and oxygen atoms in total. The minimum Gasteiger partial charge on any atom is -0.392 e. The van der Waals surface area contributed by atoms with Gasteiger partial charge in [-0.25, -0.2) is 8.78 Å². The Morgan fingerprint density at radius 2 is 1.88 bits per heavy atom. The molecule has 1 aromatic carbocycles. The summed E-state index contributed by atoms with van der Waals surface area (Å²) in [5.74, 6) is 0. The van der Waals surface area contributed by atoms with Crippen molar-refractivity contribution in [3.63, 3.8) is 0 Å². The summed E-state index contributed by atoms with van der Waals surface area (Å²) in [4.78, 5) is 0. The fourth-order valence-electron chi connectivity index (χ4n) is 1.31. The maximum absolute atomic E-state index is 12.3. The van der Waals surface area contributed by atoms with Crippen LogP contribution >= 0.6 is 0 Å². The Morgan fingerprint density at radius 3 is 2.38 bits per heavy atom. The Bertz CT molecular complexity index is 300. The molecule has 0 aliphatic heterocycles. The number of hydrogen-bond acceptors (Lipinski definition) is 2. The van der Waals surface area contributed by atoms with Gasteiger partial charge in [-0.05, 0) is 12.0 Å². The molecule has 1 aromatic rings. The van der Waals surface area contributed by atoms with E-state index in [0.717, 1.165) is 5.56 Å². The normalized spacial score (nSPS) is 13.1. The lowest BCUT2D eigenvalue weighted by atomic mass is 10.1. The first-order chi connectivity index (χ1) is 7.63. The van der Waals surface area contributed by atoms with Gasteiger partial charge in [0.25, 0.3) is 6.43 Å². The van der Waals surface area contributed by atoms with Gasteiger partial charge in [-0.2, -0.15) is 0 Å². The minimum atomic E-state index is -2.41. The van der Waals surface area contributed by atoms with Crippen molar-refractivity contribution in [1.82, 2.24) is 5.32 Å². The number of nitrogens with one attached hydrogen (secondary N) is 1. The highest BCUT2D eigenvalue weighted by atomic mass is 19.3. The molecule has 1 rings (SSSR count). The second-order valence-corrected chi connectivity index (χ2v) is 3.74. The first-order valence-corrected chi connectivity index (χ1v) is 5.39. The smallest absolute Gasteiger partial charge is 0.263 e. The number of alkyl halides is 2. The highest BCUT2D eigenvalue weighted by Gasteiger charge is 2.05. The second kappa shape index (κ2) is 6.55. The van der Waals surface area contributed by atoms with Gasteiger partial charge < -0.3 is 10.4 Å². The number of halogens is 2. The third-order valence-corrected chi connectivity index (χ3v) is 2.41. The molecule has 0 amide bonds. The molecule has 0 spiro atoms. The highest BCUT2D eigenvalue weighted by molar-refractivity contribution is 5.23. The number of aliphatic hydroxyl groups excluding tert-OH is 1. The van der Waals surface area contributed by atoms with E-state index < -0.39 is 6.43 Å². The van der Waals surface area contributed by atoms with Crippen LogP contribution in [0.15, 0.2) is 24.3 Å². The third-order valence-electron chi connectivity index (χ3n) is 2.41. The van der Waals surface area contributed by atoms with Crippen molar-refractivity contribution < 1.29 is 13.9 Å². The zero-order valence-corrected chi connectivity index (χ0v) is 9.29. The summed E-state index contributed by atoms with van der Waals surface area (Å²) >= 11 is 0. The van der Waals surface area contributed by atoms with Crippen LogP contribution in [0.4, 0.5) is 8.78 Å². The van der Waals surface area contributed by atoms with Gasteiger partial charge in [0.05, 0.1) is 6.10 Å². The van der Waals surface area contributed by atoms with Gasteiger partial charge in [-0.1, -0.05) is 31.2 Å². The first-order valence-electron chi connectivity index (χ1n) is 5.39. The molecule has 0 radical (unpaired) electrons. The maximum atomic E-state index is 12.3.